The van der Waals surface area contributed by atoms with Gasteiger partial charge in [0, 0.05) is 13.1 Å². The van der Waals surface area contributed by atoms with E-state index in [-0.39, 0.29) is 6.54 Å². The van der Waals surface area contributed by atoms with E-state index < -0.39 is 11.9 Å². The second-order valence-electron chi connectivity index (χ2n) is 2.98. The molecule has 0 unspecified atom stereocenters. The molecule has 6 nitrogen and oxygen atoms in total. The molecule has 1 amide bonds. The lowest BCUT2D eigenvalue weighted by atomic mass is 10.5. The number of nitrogens with one attached hydrogen (secondary N) is 1. The number of carboxylic acids is 1. The molecule has 0 spiro atoms. The highest BCUT2D eigenvalue weighted by atomic mass is 16.5. The number of ether oxygens (including phenoxy) is 1. The Balaban J connectivity index is 3.22. The van der Waals surface area contributed by atoms with Crippen LogP contribution in [0.2, 0.25) is 0 Å². The first-order valence-electron chi connectivity index (χ1n) is 4.27. The van der Waals surface area contributed by atoms with Gasteiger partial charge in [-0.2, -0.15) is 0 Å². The van der Waals surface area contributed by atoms with Gasteiger partial charge in [-0.15, -0.1) is 0 Å². The minimum Gasteiger partial charge on any atom is -0.474 e. The van der Waals surface area contributed by atoms with E-state index in [1.165, 1.54) is 0 Å². The number of carbonyl (C=O) groups is 2. The summed E-state index contributed by atoms with van der Waals surface area (Å²) in [5.41, 5.74) is 0. The number of carboxylic acid groups (broad SMARTS) is 1. The summed E-state index contributed by atoms with van der Waals surface area (Å²) in [6.07, 6.45) is 0. The molecule has 14 heavy (non-hydrogen) atoms. The van der Waals surface area contributed by atoms with Crippen LogP contribution in [0.5, 0.6) is 0 Å². The van der Waals surface area contributed by atoms with Gasteiger partial charge in [0.2, 0.25) is 0 Å². The fourth-order valence-corrected chi connectivity index (χ4v) is 0.662. The van der Waals surface area contributed by atoms with Crippen molar-refractivity contribution in [2.24, 2.45) is 0 Å². The highest BCUT2D eigenvalue weighted by Gasteiger charge is 2.08. The van der Waals surface area contributed by atoms with Crippen molar-refractivity contribution in [3.05, 3.63) is 0 Å². The van der Waals surface area contributed by atoms with Crippen molar-refractivity contribution >= 4 is 11.9 Å². The normalized spacial score (nSPS) is 10.2. The van der Waals surface area contributed by atoms with Crippen LogP contribution in [-0.4, -0.2) is 62.3 Å². The predicted molar refractivity (Wildman–Crippen MR) is 50.0 cm³/mol. The molecule has 0 atom stereocenters. The van der Waals surface area contributed by atoms with Crippen LogP contribution in [-0.2, 0) is 14.3 Å². The van der Waals surface area contributed by atoms with Crippen molar-refractivity contribution in [1.82, 2.24) is 10.2 Å². The van der Waals surface area contributed by atoms with E-state index in [1.54, 1.807) is 0 Å². The third-order valence-corrected chi connectivity index (χ3v) is 1.41. The lowest BCUT2D eigenvalue weighted by Gasteiger charge is -2.09. The Kier molecular flexibility index (Phi) is 6.69. The maximum absolute atomic E-state index is 10.5. The predicted octanol–water partition coefficient (Wildman–Crippen LogP) is -1.23. The Hall–Kier alpha value is -1.14. The van der Waals surface area contributed by atoms with Crippen LogP contribution >= 0.6 is 0 Å². The van der Waals surface area contributed by atoms with Crippen molar-refractivity contribution < 1.29 is 19.4 Å². The molecule has 0 rings (SSSR count). The zero-order valence-electron chi connectivity index (χ0n) is 8.45. The molecule has 0 aliphatic heterocycles. The lowest BCUT2D eigenvalue weighted by molar-refractivity contribution is -0.150. The highest BCUT2D eigenvalue weighted by molar-refractivity contribution is 6.31. The van der Waals surface area contributed by atoms with Gasteiger partial charge in [-0.25, -0.2) is 4.79 Å². The highest BCUT2D eigenvalue weighted by Crippen LogP contribution is 1.77. The summed E-state index contributed by atoms with van der Waals surface area (Å²) in [7, 11) is 3.85. The molecule has 0 aromatic rings. The van der Waals surface area contributed by atoms with Gasteiger partial charge >= 0.3 is 11.9 Å². The van der Waals surface area contributed by atoms with Gasteiger partial charge in [-0.3, -0.25) is 4.79 Å². The van der Waals surface area contributed by atoms with Gasteiger partial charge in [0.15, 0.2) is 0 Å². The van der Waals surface area contributed by atoms with E-state index in [1.807, 2.05) is 19.0 Å². The third-order valence-electron chi connectivity index (χ3n) is 1.41. The maximum Gasteiger partial charge on any atom is 0.394 e. The number of nitrogens with zero attached hydrogens (tertiary/aromatic N) is 1. The molecule has 0 aromatic heterocycles. The van der Waals surface area contributed by atoms with E-state index >= 15 is 0 Å². The van der Waals surface area contributed by atoms with Crippen LogP contribution in [0.25, 0.3) is 0 Å². The molecule has 0 aliphatic rings. The molecule has 6 heteroatoms. The molecule has 0 aromatic carbocycles. The minimum atomic E-state index is -1.47. The molecule has 82 valence electrons. The van der Waals surface area contributed by atoms with E-state index in [2.05, 4.69) is 5.32 Å². The SMILES string of the molecule is CN(C)CCOCCNC(=O)C(=O)O. The molecule has 0 bridgehead atoms. The first-order valence-corrected chi connectivity index (χ1v) is 4.27. The summed E-state index contributed by atoms with van der Waals surface area (Å²) < 4.78 is 5.13. The van der Waals surface area contributed by atoms with Crippen molar-refractivity contribution in [3.8, 4) is 0 Å². The van der Waals surface area contributed by atoms with Crippen molar-refractivity contribution in [1.29, 1.82) is 0 Å². The summed E-state index contributed by atoms with van der Waals surface area (Å²) in [5.74, 6) is -2.47. The number of likely N-dealkylation sites (N-methyl/N-ethyl adjacent to an activating group) is 1. The minimum absolute atomic E-state index is 0.221. The molecular formula is C8H16N2O4. The fraction of sp³-hybridized carbons (Fsp3) is 0.750. The Morgan fingerprint density at radius 2 is 2.00 bits per heavy atom. The van der Waals surface area contributed by atoms with Gasteiger partial charge in [-0.05, 0) is 14.1 Å². The number of amides is 1. The Morgan fingerprint density at radius 3 is 2.50 bits per heavy atom. The summed E-state index contributed by atoms with van der Waals surface area (Å²) >= 11 is 0. The molecule has 0 heterocycles. The van der Waals surface area contributed by atoms with Crippen LogP contribution in [0.15, 0.2) is 0 Å². The van der Waals surface area contributed by atoms with E-state index in [4.69, 9.17) is 9.84 Å². The Labute approximate surface area is 82.8 Å². The van der Waals surface area contributed by atoms with Crippen LogP contribution in [0.1, 0.15) is 0 Å². The van der Waals surface area contributed by atoms with Crippen molar-refractivity contribution in [3.63, 3.8) is 0 Å². The molecule has 0 saturated carbocycles. The average Bonchev–Trinajstić information content (AvgIpc) is 2.09. The van der Waals surface area contributed by atoms with E-state index in [9.17, 15) is 9.59 Å². The molecule has 0 saturated heterocycles. The van der Waals surface area contributed by atoms with Crippen molar-refractivity contribution in [2.45, 2.75) is 0 Å². The first-order chi connectivity index (χ1) is 6.54. The van der Waals surface area contributed by atoms with Gasteiger partial charge in [0.25, 0.3) is 0 Å². The van der Waals surface area contributed by atoms with E-state index in [0.717, 1.165) is 6.54 Å². The monoisotopic (exact) mass is 204 g/mol. The second kappa shape index (κ2) is 7.28. The topological polar surface area (TPSA) is 78.9 Å². The zero-order valence-corrected chi connectivity index (χ0v) is 8.45. The van der Waals surface area contributed by atoms with Crippen molar-refractivity contribution in [2.75, 3.05) is 40.4 Å². The summed E-state index contributed by atoms with van der Waals surface area (Å²) in [6.45, 7) is 1.91. The summed E-state index contributed by atoms with van der Waals surface area (Å²) in [4.78, 5) is 22.5. The Bertz CT molecular complexity index is 194. The lowest BCUT2D eigenvalue weighted by Crippen LogP contribution is -2.33. The standard InChI is InChI=1S/C8H16N2O4/c1-10(2)4-6-14-5-3-9-7(11)8(12)13/h3-6H2,1-2H3,(H,9,11)(H,12,13). The summed E-state index contributed by atoms with van der Waals surface area (Å²) in [5, 5.41) is 10.4. The third kappa shape index (κ3) is 7.51. The molecule has 2 N–H and O–H groups in total. The largest absolute Gasteiger partial charge is 0.474 e. The molecule has 0 radical (unpaired) electrons. The van der Waals surface area contributed by atoms with Crippen LogP contribution < -0.4 is 5.32 Å². The second-order valence-corrected chi connectivity index (χ2v) is 2.98. The number of hydrogen-bond acceptors (Lipinski definition) is 4. The van der Waals surface area contributed by atoms with E-state index in [0.29, 0.717) is 13.2 Å². The molecular weight excluding hydrogens is 188 g/mol. The van der Waals surface area contributed by atoms with Gasteiger partial charge in [0.05, 0.1) is 13.2 Å². The summed E-state index contributed by atoms with van der Waals surface area (Å²) in [6, 6.07) is 0. The first kappa shape index (κ1) is 12.9. The molecule has 0 aliphatic carbocycles. The van der Waals surface area contributed by atoms with Gasteiger partial charge in [-0.1, -0.05) is 0 Å². The number of carbonyl (C=O) groups excluding carboxylic acids is 1. The van der Waals surface area contributed by atoms with Gasteiger partial charge < -0.3 is 20.1 Å². The number of aliphatic carboxylic acids is 1. The van der Waals surface area contributed by atoms with Gasteiger partial charge in [0.1, 0.15) is 0 Å². The zero-order chi connectivity index (χ0) is 11.0. The van der Waals surface area contributed by atoms with Crippen LogP contribution in [0, 0.1) is 0 Å². The number of hydrogen-bond donors (Lipinski definition) is 2. The van der Waals surface area contributed by atoms with Crippen LogP contribution in [0.4, 0.5) is 0 Å². The fourth-order valence-electron chi connectivity index (χ4n) is 0.662. The quantitative estimate of drug-likeness (QED) is 0.418. The maximum atomic E-state index is 10.5. The average molecular weight is 204 g/mol. The number of rotatable bonds is 6. The smallest absolute Gasteiger partial charge is 0.394 e. The Morgan fingerprint density at radius 1 is 1.36 bits per heavy atom. The molecule has 0 fully saturated rings. The van der Waals surface area contributed by atoms with Crippen LogP contribution in [0.3, 0.4) is 0 Å².